The molecule has 0 radical (unpaired) electrons. The summed E-state index contributed by atoms with van der Waals surface area (Å²) in [4.78, 5) is 20.5. The zero-order valence-electron chi connectivity index (χ0n) is 10.3. The molecule has 4 heterocycles. The first-order valence-corrected chi connectivity index (χ1v) is 6.16. The second-order valence-electron chi connectivity index (χ2n) is 4.89. The van der Waals surface area contributed by atoms with Crippen LogP contribution in [0.15, 0.2) is 63.3 Å². The van der Waals surface area contributed by atoms with Crippen LogP contribution in [0.1, 0.15) is 0 Å². The first-order chi connectivity index (χ1) is 9.71. The Morgan fingerprint density at radius 1 is 1.30 bits per heavy atom. The van der Waals surface area contributed by atoms with Crippen molar-refractivity contribution in [3.05, 3.63) is 48.2 Å². The number of carboxylic acids is 1. The number of aliphatic imine (C=N–C) groups is 2. The Morgan fingerprint density at radius 3 is 2.95 bits per heavy atom. The average Bonchev–Trinajstić information content (AvgIpc) is 2.69. The van der Waals surface area contributed by atoms with Crippen molar-refractivity contribution >= 4 is 23.7 Å². The van der Waals surface area contributed by atoms with Crippen molar-refractivity contribution in [2.24, 2.45) is 20.5 Å². The van der Waals surface area contributed by atoms with Crippen molar-refractivity contribution < 1.29 is 9.90 Å². The molecule has 98 valence electrons. The predicted molar refractivity (Wildman–Crippen MR) is 74.8 cm³/mol. The first-order valence-electron chi connectivity index (χ1n) is 6.16. The van der Waals surface area contributed by atoms with Gasteiger partial charge in [0.25, 0.3) is 0 Å². The smallest absolute Gasteiger partial charge is 0.338 e. The van der Waals surface area contributed by atoms with Gasteiger partial charge in [-0.3, -0.25) is 10.4 Å². The van der Waals surface area contributed by atoms with E-state index in [1.807, 2.05) is 30.4 Å². The first kappa shape index (κ1) is 11.1. The minimum absolute atomic E-state index is 0.422. The highest BCUT2D eigenvalue weighted by Gasteiger charge is 2.65. The van der Waals surface area contributed by atoms with E-state index in [0.717, 1.165) is 5.57 Å². The molecule has 6 heteroatoms. The van der Waals surface area contributed by atoms with Crippen molar-refractivity contribution in [3.63, 3.8) is 0 Å². The number of carbonyl (C=O) groups is 1. The van der Waals surface area contributed by atoms with Gasteiger partial charge in [-0.15, -0.1) is 0 Å². The van der Waals surface area contributed by atoms with E-state index in [4.69, 9.17) is 0 Å². The molecule has 6 nitrogen and oxygen atoms in total. The van der Waals surface area contributed by atoms with Crippen LogP contribution in [-0.2, 0) is 4.79 Å². The molecule has 4 aliphatic heterocycles. The summed E-state index contributed by atoms with van der Waals surface area (Å²) in [5.41, 5.74) is 1.79. The quantitative estimate of drug-likeness (QED) is 0.736. The summed E-state index contributed by atoms with van der Waals surface area (Å²) < 4.78 is 0. The maximum Gasteiger partial charge on any atom is 0.338 e. The molecule has 2 bridgehead atoms. The van der Waals surface area contributed by atoms with Crippen LogP contribution in [-0.4, -0.2) is 34.4 Å². The lowest BCUT2D eigenvalue weighted by atomic mass is 9.58. The van der Waals surface area contributed by atoms with Crippen molar-refractivity contribution in [1.29, 1.82) is 0 Å². The molecular formula is C14H10N4O2. The van der Waals surface area contributed by atoms with Crippen LogP contribution in [0, 0.1) is 5.41 Å². The average molecular weight is 266 g/mol. The van der Waals surface area contributed by atoms with Gasteiger partial charge in [-0.1, -0.05) is 30.4 Å². The molecule has 0 saturated carbocycles. The molecule has 0 amide bonds. The van der Waals surface area contributed by atoms with Crippen molar-refractivity contribution in [2.45, 2.75) is 5.54 Å². The summed E-state index contributed by atoms with van der Waals surface area (Å²) in [6, 6.07) is 0. The fourth-order valence-corrected chi connectivity index (χ4v) is 3.07. The van der Waals surface area contributed by atoms with Crippen LogP contribution in [0.3, 0.4) is 0 Å². The Kier molecular flexibility index (Phi) is 1.89. The Bertz CT molecular complexity index is 738. The number of fused-ring (bicyclic) bond motifs is 1. The summed E-state index contributed by atoms with van der Waals surface area (Å²) in [5, 5.41) is 13.8. The van der Waals surface area contributed by atoms with Crippen LogP contribution in [0.2, 0.25) is 0 Å². The lowest BCUT2D eigenvalue weighted by Crippen LogP contribution is -2.72. The number of hydrazone groups is 1. The SMILES string of the molecule is O=C(O)C12C=NC(=NN1)C1=NC=CC=C3C=CC=CC312. The lowest BCUT2D eigenvalue weighted by Gasteiger charge is -2.49. The Hall–Kier alpha value is -2.76. The molecule has 0 aromatic carbocycles. The fourth-order valence-electron chi connectivity index (χ4n) is 3.07. The molecule has 0 aromatic heterocycles. The van der Waals surface area contributed by atoms with Gasteiger partial charge >= 0.3 is 5.97 Å². The highest BCUT2D eigenvalue weighted by molar-refractivity contribution is 6.50. The highest BCUT2D eigenvalue weighted by atomic mass is 16.4. The Labute approximate surface area is 114 Å². The molecule has 5 aliphatic rings. The van der Waals surface area contributed by atoms with Crippen molar-refractivity contribution in [2.75, 3.05) is 0 Å². The number of aliphatic carboxylic acids is 1. The number of nitrogens with one attached hydrogen (secondary N) is 1. The van der Waals surface area contributed by atoms with Crippen molar-refractivity contribution in [3.8, 4) is 0 Å². The zero-order chi connectivity index (χ0) is 13.8. The monoisotopic (exact) mass is 266 g/mol. The maximum atomic E-state index is 12.0. The molecule has 0 saturated heterocycles. The van der Waals surface area contributed by atoms with E-state index in [1.165, 1.54) is 6.21 Å². The van der Waals surface area contributed by atoms with Gasteiger partial charge in [-0.25, -0.2) is 9.79 Å². The number of amidine groups is 1. The van der Waals surface area contributed by atoms with Gasteiger partial charge in [0.2, 0.25) is 5.54 Å². The third-order valence-corrected chi connectivity index (χ3v) is 4.02. The topological polar surface area (TPSA) is 86.4 Å². The van der Waals surface area contributed by atoms with Gasteiger partial charge in [0.15, 0.2) is 5.84 Å². The van der Waals surface area contributed by atoms with Crippen molar-refractivity contribution in [1.82, 2.24) is 5.43 Å². The summed E-state index contributed by atoms with van der Waals surface area (Å²) in [6.45, 7) is 0. The summed E-state index contributed by atoms with van der Waals surface area (Å²) in [6.07, 6.45) is 14.2. The van der Waals surface area contributed by atoms with Gasteiger partial charge in [0.1, 0.15) is 11.1 Å². The third kappa shape index (κ3) is 1.01. The minimum atomic E-state index is -1.45. The third-order valence-electron chi connectivity index (χ3n) is 4.02. The van der Waals surface area contributed by atoms with Crippen LogP contribution in [0.4, 0.5) is 0 Å². The van der Waals surface area contributed by atoms with Gasteiger partial charge in [0, 0.05) is 12.4 Å². The summed E-state index contributed by atoms with van der Waals surface area (Å²) in [7, 11) is 0. The van der Waals surface area contributed by atoms with E-state index in [0.29, 0.717) is 11.5 Å². The predicted octanol–water partition coefficient (Wildman–Crippen LogP) is 0.818. The van der Waals surface area contributed by atoms with E-state index in [2.05, 4.69) is 20.5 Å². The molecule has 5 rings (SSSR count). The second-order valence-corrected chi connectivity index (χ2v) is 4.89. The fraction of sp³-hybridized carbons (Fsp3) is 0.143. The van der Waals surface area contributed by atoms with E-state index in [1.54, 1.807) is 12.3 Å². The molecule has 0 aromatic rings. The number of hydrogen-bond acceptors (Lipinski definition) is 5. The van der Waals surface area contributed by atoms with E-state index >= 15 is 0 Å². The lowest BCUT2D eigenvalue weighted by molar-refractivity contribution is -0.143. The summed E-state index contributed by atoms with van der Waals surface area (Å²) in [5.74, 6) is -0.616. The Morgan fingerprint density at radius 2 is 2.20 bits per heavy atom. The molecule has 0 fully saturated rings. The van der Waals surface area contributed by atoms with Gasteiger partial charge in [-0.2, -0.15) is 5.10 Å². The maximum absolute atomic E-state index is 12.0. The molecule has 2 atom stereocenters. The van der Waals surface area contributed by atoms with E-state index in [-0.39, 0.29) is 0 Å². The molecule has 1 aliphatic carbocycles. The normalized spacial score (nSPS) is 35.3. The Balaban J connectivity index is 2.12. The molecule has 2 N–H and O–H groups in total. The molecular weight excluding hydrogens is 256 g/mol. The largest absolute Gasteiger partial charge is 0.479 e. The molecule has 1 spiro atoms. The highest BCUT2D eigenvalue weighted by Crippen LogP contribution is 2.48. The van der Waals surface area contributed by atoms with Gasteiger partial charge in [-0.05, 0) is 11.6 Å². The summed E-state index contributed by atoms with van der Waals surface area (Å²) >= 11 is 0. The standard InChI is InChI=1S/C14H10N4O2/c19-12(20)14-8-16-11(17-18-14)10-13(14)6-2-1-4-9(13)5-3-7-15-10/h1-8,18H,(H,19,20). The van der Waals surface area contributed by atoms with E-state index in [9.17, 15) is 9.90 Å². The number of carboxylic acid groups (broad SMARTS) is 1. The van der Waals surface area contributed by atoms with Gasteiger partial charge < -0.3 is 5.11 Å². The molecule has 2 unspecified atom stereocenters. The van der Waals surface area contributed by atoms with E-state index < -0.39 is 16.9 Å². The number of nitrogens with zero attached hydrogens (tertiary/aromatic N) is 3. The number of rotatable bonds is 1. The number of hydrogen-bond donors (Lipinski definition) is 2. The van der Waals surface area contributed by atoms with Crippen LogP contribution < -0.4 is 5.43 Å². The minimum Gasteiger partial charge on any atom is -0.479 e. The van der Waals surface area contributed by atoms with Crippen LogP contribution >= 0.6 is 0 Å². The molecule has 20 heavy (non-hydrogen) atoms. The van der Waals surface area contributed by atoms with Crippen LogP contribution in [0.5, 0.6) is 0 Å². The second kappa shape index (κ2) is 3.41. The zero-order valence-corrected chi connectivity index (χ0v) is 10.3. The van der Waals surface area contributed by atoms with Gasteiger partial charge in [0.05, 0.1) is 0 Å². The van der Waals surface area contributed by atoms with Crippen LogP contribution in [0.25, 0.3) is 0 Å². The number of allylic oxidation sites excluding steroid dienone is 5.